The van der Waals surface area contributed by atoms with Crippen LogP contribution >= 0.6 is 0 Å². The number of aryl methyl sites for hydroxylation is 1. The van der Waals surface area contributed by atoms with E-state index < -0.39 is 0 Å². The second-order valence-corrected chi connectivity index (χ2v) is 3.38. The van der Waals surface area contributed by atoms with Gasteiger partial charge < -0.3 is 11.1 Å². The summed E-state index contributed by atoms with van der Waals surface area (Å²) in [5.74, 6) is 0. The van der Waals surface area contributed by atoms with Crippen LogP contribution < -0.4 is 11.1 Å². The molecular formula is C11H18N2. The third kappa shape index (κ3) is 3.17. The van der Waals surface area contributed by atoms with Crippen molar-refractivity contribution in [1.29, 1.82) is 0 Å². The van der Waals surface area contributed by atoms with Crippen molar-refractivity contribution in [1.82, 2.24) is 5.32 Å². The molecule has 2 heteroatoms. The topological polar surface area (TPSA) is 38.0 Å². The van der Waals surface area contributed by atoms with Crippen LogP contribution in [0.5, 0.6) is 0 Å². The molecule has 72 valence electrons. The van der Waals surface area contributed by atoms with Crippen molar-refractivity contribution in [2.24, 2.45) is 5.73 Å². The molecule has 0 amide bonds. The van der Waals surface area contributed by atoms with Gasteiger partial charge in [0.15, 0.2) is 0 Å². The average Bonchev–Trinajstić information content (AvgIpc) is 2.15. The predicted molar refractivity (Wildman–Crippen MR) is 56.7 cm³/mol. The van der Waals surface area contributed by atoms with Gasteiger partial charge in [-0.1, -0.05) is 29.8 Å². The summed E-state index contributed by atoms with van der Waals surface area (Å²) in [6.07, 6.45) is 0. The second kappa shape index (κ2) is 5.00. The molecule has 0 aliphatic heterocycles. The zero-order valence-corrected chi connectivity index (χ0v) is 8.38. The van der Waals surface area contributed by atoms with Crippen LogP contribution in [0.15, 0.2) is 24.3 Å². The molecule has 2 nitrogen and oxygen atoms in total. The van der Waals surface area contributed by atoms with E-state index in [0.717, 1.165) is 6.54 Å². The molecule has 0 aliphatic rings. The Morgan fingerprint density at radius 1 is 1.31 bits per heavy atom. The van der Waals surface area contributed by atoms with Gasteiger partial charge in [-0.15, -0.1) is 0 Å². The summed E-state index contributed by atoms with van der Waals surface area (Å²) in [6.45, 7) is 5.81. The van der Waals surface area contributed by atoms with Gasteiger partial charge in [-0.2, -0.15) is 0 Å². The first-order valence-electron chi connectivity index (χ1n) is 4.74. The van der Waals surface area contributed by atoms with Gasteiger partial charge in [0, 0.05) is 19.1 Å². The number of benzene rings is 1. The van der Waals surface area contributed by atoms with Gasteiger partial charge in [-0.05, 0) is 19.4 Å². The van der Waals surface area contributed by atoms with Gasteiger partial charge in [-0.3, -0.25) is 0 Å². The van der Waals surface area contributed by atoms with E-state index in [-0.39, 0.29) is 0 Å². The third-order valence-electron chi connectivity index (χ3n) is 2.17. The predicted octanol–water partition coefficient (Wildman–Crippen LogP) is 1.60. The quantitative estimate of drug-likeness (QED) is 0.735. The molecule has 0 aliphatic carbocycles. The standard InChI is InChI=1S/C11H18N2/c1-9-3-5-11(6-4-9)10(2)13-8-7-12/h3-6,10,13H,7-8,12H2,1-2H3. The van der Waals surface area contributed by atoms with Crippen molar-refractivity contribution in [2.75, 3.05) is 13.1 Å². The zero-order valence-electron chi connectivity index (χ0n) is 8.38. The Labute approximate surface area is 80.1 Å². The van der Waals surface area contributed by atoms with Crippen molar-refractivity contribution in [3.05, 3.63) is 35.4 Å². The van der Waals surface area contributed by atoms with Crippen LogP contribution in [-0.4, -0.2) is 13.1 Å². The fourth-order valence-electron chi connectivity index (χ4n) is 1.27. The Balaban J connectivity index is 2.55. The van der Waals surface area contributed by atoms with Crippen molar-refractivity contribution >= 4 is 0 Å². The Bertz CT molecular complexity index is 241. The monoisotopic (exact) mass is 178 g/mol. The molecule has 0 heterocycles. The van der Waals surface area contributed by atoms with Crippen molar-refractivity contribution in [3.8, 4) is 0 Å². The lowest BCUT2D eigenvalue weighted by atomic mass is 10.1. The van der Waals surface area contributed by atoms with Gasteiger partial charge in [0.2, 0.25) is 0 Å². The summed E-state index contributed by atoms with van der Waals surface area (Å²) < 4.78 is 0. The number of nitrogens with two attached hydrogens (primary N) is 1. The fraction of sp³-hybridized carbons (Fsp3) is 0.455. The lowest BCUT2D eigenvalue weighted by Gasteiger charge is -2.13. The van der Waals surface area contributed by atoms with E-state index in [0.29, 0.717) is 12.6 Å². The Kier molecular flexibility index (Phi) is 3.93. The summed E-state index contributed by atoms with van der Waals surface area (Å²) in [7, 11) is 0. The van der Waals surface area contributed by atoms with Gasteiger partial charge >= 0.3 is 0 Å². The summed E-state index contributed by atoms with van der Waals surface area (Å²) in [5, 5.41) is 3.34. The highest BCUT2D eigenvalue weighted by molar-refractivity contribution is 5.23. The first kappa shape index (κ1) is 10.2. The van der Waals surface area contributed by atoms with Crippen molar-refractivity contribution in [2.45, 2.75) is 19.9 Å². The minimum Gasteiger partial charge on any atom is -0.329 e. The number of nitrogens with one attached hydrogen (secondary N) is 1. The minimum absolute atomic E-state index is 0.393. The van der Waals surface area contributed by atoms with Crippen LogP contribution in [0.3, 0.4) is 0 Å². The highest BCUT2D eigenvalue weighted by Crippen LogP contribution is 2.12. The number of hydrogen-bond acceptors (Lipinski definition) is 2. The minimum atomic E-state index is 0.393. The molecule has 1 atom stereocenters. The molecule has 0 saturated heterocycles. The largest absolute Gasteiger partial charge is 0.329 e. The van der Waals surface area contributed by atoms with E-state index in [1.54, 1.807) is 0 Å². The maximum absolute atomic E-state index is 5.42. The molecule has 0 bridgehead atoms. The molecular weight excluding hydrogens is 160 g/mol. The zero-order chi connectivity index (χ0) is 9.68. The molecule has 1 rings (SSSR count). The highest BCUT2D eigenvalue weighted by Gasteiger charge is 2.02. The first-order valence-corrected chi connectivity index (χ1v) is 4.74. The maximum atomic E-state index is 5.42. The van der Waals surface area contributed by atoms with Crippen LogP contribution in [0.25, 0.3) is 0 Å². The molecule has 1 unspecified atom stereocenters. The van der Waals surface area contributed by atoms with E-state index in [1.807, 2.05) is 0 Å². The first-order chi connectivity index (χ1) is 6.24. The van der Waals surface area contributed by atoms with E-state index >= 15 is 0 Å². The second-order valence-electron chi connectivity index (χ2n) is 3.38. The Morgan fingerprint density at radius 2 is 1.92 bits per heavy atom. The van der Waals surface area contributed by atoms with Gasteiger partial charge in [0.05, 0.1) is 0 Å². The van der Waals surface area contributed by atoms with E-state index in [1.165, 1.54) is 11.1 Å². The molecule has 0 radical (unpaired) electrons. The SMILES string of the molecule is Cc1ccc(C(C)NCCN)cc1. The number of hydrogen-bond donors (Lipinski definition) is 2. The third-order valence-corrected chi connectivity index (χ3v) is 2.17. The van der Waals surface area contributed by atoms with E-state index in [9.17, 15) is 0 Å². The molecule has 1 aromatic rings. The number of rotatable bonds is 4. The fourth-order valence-corrected chi connectivity index (χ4v) is 1.27. The van der Waals surface area contributed by atoms with Crippen molar-refractivity contribution in [3.63, 3.8) is 0 Å². The van der Waals surface area contributed by atoms with Gasteiger partial charge in [0.1, 0.15) is 0 Å². The lowest BCUT2D eigenvalue weighted by Crippen LogP contribution is -2.25. The molecule has 0 saturated carbocycles. The van der Waals surface area contributed by atoms with E-state index in [2.05, 4.69) is 43.4 Å². The van der Waals surface area contributed by atoms with Crippen LogP contribution in [0, 0.1) is 6.92 Å². The van der Waals surface area contributed by atoms with Gasteiger partial charge in [0.25, 0.3) is 0 Å². The highest BCUT2D eigenvalue weighted by atomic mass is 14.9. The summed E-state index contributed by atoms with van der Waals surface area (Å²) in [4.78, 5) is 0. The maximum Gasteiger partial charge on any atom is 0.0292 e. The van der Waals surface area contributed by atoms with Crippen LogP contribution in [-0.2, 0) is 0 Å². The summed E-state index contributed by atoms with van der Waals surface area (Å²) in [6, 6.07) is 8.98. The molecule has 13 heavy (non-hydrogen) atoms. The molecule has 0 aromatic heterocycles. The molecule has 3 N–H and O–H groups in total. The van der Waals surface area contributed by atoms with Gasteiger partial charge in [-0.25, -0.2) is 0 Å². The molecule has 0 spiro atoms. The smallest absolute Gasteiger partial charge is 0.0292 e. The van der Waals surface area contributed by atoms with Crippen LogP contribution in [0.2, 0.25) is 0 Å². The summed E-state index contributed by atoms with van der Waals surface area (Å²) in [5.41, 5.74) is 8.04. The Morgan fingerprint density at radius 3 is 2.46 bits per heavy atom. The van der Waals surface area contributed by atoms with Crippen LogP contribution in [0.4, 0.5) is 0 Å². The molecule has 1 aromatic carbocycles. The lowest BCUT2D eigenvalue weighted by molar-refractivity contribution is 0.582. The molecule has 0 fully saturated rings. The van der Waals surface area contributed by atoms with Crippen molar-refractivity contribution < 1.29 is 0 Å². The van der Waals surface area contributed by atoms with E-state index in [4.69, 9.17) is 5.73 Å². The average molecular weight is 178 g/mol. The normalized spacial score (nSPS) is 12.8. The Hall–Kier alpha value is -0.860. The summed E-state index contributed by atoms with van der Waals surface area (Å²) >= 11 is 0. The van der Waals surface area contributed by atoms with Crippen LogP contribution in [0.1, 0.15) is 24.1 Å².